The zero-order valence-corrected chi connectivity index (χ0v) is 12.3. The Bertz CT molecular complexity index is 347. The van der Waals surface area contributed by atoms with Gasteiger partial charge in [0.1, 0.15) is 5.82 Å². The lowest BCUT2D eigenvalue weighted by Crippen LogP contribution is -2.11. The molecule has 0 aliphatic heterocycles. The van der Waals surface area contributed by atoms with Gasteiger partial charge in [0, 0.05) is 6.04 Å². The van der Waals surface area contributed by atoms with Crippen LogP contribution in [-0.2, 0) is 6.42 Å². The molecule has 0 radical (unpaired) electrons. The van der Waals surface area contributed by atoms with E-state index in [1.165, 1.54) is 0 Å². The van der Waals surface area contributed by atoms with Gasteiger partial charge < -0.3 is 5.73 Å². The van der Waals surface area contributed by atoms with Crippen molar-refractivity contribution < 1.29 is 0 Å². The number of nitrogens with zero attached hydrogens (tertiary/aromatic N) is 2. The molecular formula is C11H20IN3. The van der Waals surface area contributed by atoms with Gasteiger partial charge in [-0.3, -0.25) is 0 Å². The zero-order chi connectivity index (χ0) is 11.8. The van der Waals surface area contributed by atoms with Crippen molar-refractivity contribution in [3.8, 4) is 0 Å². The Labute approximate surface area is 106 Å². The Hall–Kier alpha value is -0.260. The standard InChI is InChI=1S/C11H20IN3/c1-7(2)15-10(13)9(12)8(14-15)6-11(3,4)5/h7H,6,13H2,1-5H3. The summed E-state index contributed by atoms with van der Waals surface area (Å²) >= 11 is 2.29. The van der Waals surface area contributed by atoms with Crippen LogP contribution >= 0.6 is 22.6 Å². The van der Waals surface area contributed by atoms with Crippen molar-refractivity contribution in [2.45, 2.75) is 47.1 Å². The van der Waals surface area contributed by atoms with Crippen LogP contribution in [0.25, 0.3) is 0 Å². The third-order valence-corrected chi connectivity index (χ3v) is 3.32. The van der Waals surface area contributed by atoms with E-state index in [1.807, 2.05) is 4.68 Å². The fraction of sp³-hybridized carbons (Fsp3) is 0.727. The highest BCUT2D eigenvalue weighted by Gasteiger charge is 2.20. The minimum atomic E-state index is 0.253. The van der Waals surface area contributed by atoms with E-state index in [9.17, 15) is 0 Å². The van der Waals surface area contributed by atoms with E-state index in [0.29, 0.717) is 6.04 Å². The molecule has 0 saturated carbocycles. The van der Waals surface area contributed by atoms with Gasteiger partial charge in [0.15, 0.2) is 0 Å². The molecule has 86 valence electrons. The maximum atomic E-state index is 6.02. The van der Waals surface area contributed by atoms with Gasteiger partial charge in [0.2, 0.25) is 0 Å². The van der Waals surface area contributed by atoms with Crippen molar-refractivity contribution in [3.05, 3.63) is 9.26 Å². The first-order chi connectivity index (χ1) is 6.72. The van der Waals surface area contributed by atoms with Gasteiger partial charge in [-0.25, -0.2) is 4.68 Å². The summed E-state index contributed by atoms with van der Waals surface area (Å²) in [6.45, 7) is 10.8. The topological polar surface area (TPSA) is 43.8 Å². The first kappa shape index (κ1) is 12.8. The van der Waals surface area contributed by atoms with Gasteiger partial charge in [0.25, 0.3) is 0 Å². The average Bonchev–Trinajstić information content (AvgIpc) is 2.30. The monoisotopic (exact) mass is 321 g/mol. The van der Waals surface area contributed by atoms with Crippen molar-refractivity contribution in [2.75, 3.05) is 5.73 Å². The van der Waals surface area contributed by atoms with E-state index in [1.54, 1.807) is 0 Å². The van der Waals surface area contributed by atoms with Crippen molar-refractivity contribution >= 4 is 28.4 Å². The largest absolute Gasteiger partial charge is 0.383 e. The molecule has 15 heavy (non-hydrogen) atoms. The van der Waals surface area contributed by atoms with E-state index >= 15 is 0 Å². The summed E-state index contributed by atoms with van der Waals surface area (Å²) in [6, 6.07) is 0.326. The SMILES string of the molecule is CC(C)n1nc(CC(C)(C)C)c(I)c1N. The maximum Gasteiger partial charge on any atom is 0.135 e. The molecule has 0 unspecified atom stereocenters. The number of hydrogen-bond acceptors (Lipinski definition) is 2. The molecule has 0 bridgehead atoms. The highest BCUT2D eigenvalue weighted by Crippen LogP contribution is 2.28. The van der Waals surface area contributed by atoms with Crippen LogP contribution in [0.1, 0.15) is 46.4 Å². The van der Waals surface area contributed by atoms with Gasteiger partial charge >= 0.3 is 0 Å². The number of rotatable bonds is 2. The minimum absolute atomic E-state index is 0.253. The normalized spacial score (nSPS) is 12.5. The fourth-order valence-electron chi connectivity index (χ4n) is 1.49. The maximum absolute atomic E-state index is 6.02. The lowest BCUT2D eigenvalue weighted by molar-refractivity contribution is 0.400. The Morgan fingerprint density at radius 3 is 2.27 bits per heavy atom. The molecule has 0 atom stereocenters. The van der Waals surface area contributed by atoms with Crippen LogP contribution in [-0.4, -0.2) is 9.78 Å². The molecule has 0 aliphatic carbocycles. The van der Waals surface area contributed by atoms with E-state index in [2.05, 4.69) is 62.3 Å². The second kappa shape index (κ2) is 4.31. The van der Waals surface area contributed by atoms with Crippen LogP contribution in [0.5, 0.6) is 0 Å². The molecule has 1 heterocycles. The van der Waals surface area contributed by atoms with E-state index in [0.717, 1.165) is 21.5 Å². The van der Waals surface area contributed by atoms with E-state index < -0.39 is 0 Å². The highest BCUT2D eigenvalue weighted by molar-refractivity contribution is 14.1. The van der Waals surface area contributed by atoms with Crippen molar-refractivity contribution in [2.24, 2.45) is 5.41 Å². The van der Waals surface area contributed by atoms with Crippen LogP contribution in [0.3, 0.4) is 0 Å². The molecule has 1 aromatic heterocycles. The predicted octanol–water partition coefficient (Wildman–Crippen LogP) is 3.24. The summed E-state index contributed by atoms with van der Waals surface area (Å²) in [7, 11) is 0. The Morgan fingerprint density at radius 2 is 1.93 bits per heavy atom. The molecule has 0 saturated heterocycles. The molecule has 0 fully saturated rings. The fourth-order valence-corrected chi connectivity index (χ4v) is 2.03. The van der Waals surface area contributed by atoms with Gasteiger partial charge in [-0.2, -0.15) is 5.10 Å². The first-order valence-electron chi connectivity index (χ1n) is 5.24. The van der Waals surface area contributed by atoms with Crippen LogP contribution in [0.2, 0.25) is 0 Å². The van der Waals surface area contributed by atoms with E-state index in [4.69, 9.17) is 5.73 Å². The summed E-state index contributed by atoms with van der Waals surface area (Å²) in [6.07, 6.45) is 0.967. The summed E-state index contributed by atoms with van der Waals surface area (Å²) in [5.74, 6) is 0.796. The third-order valence-electron chi connectivity index (χ3n) is 2.14. The summed E-state index contributed by atoms with van der Waals surface area (Å²) in [5.41, 5.74) is 7.39. The number of nitrogens with two attached hydrogens (primary N) is 1. The Morgan fingerprint density at radius 1 is 1.40 bits per heavy atom. The van der Waals surface area contributed by atoms with Crippen LogP contribution in [0.15, 0.2) is 0 Å². The molecule has 0 spiro atoms. The van der Waals surface area contributed by atoms with Gasteiger partial charge in [-0.1, -0.05) is 20.8 Å². The number of hydrogen-bond donors (Lipinski definition) is 1. The number of halogens is 1. The van der Waals surface area contributed by atoms with Gasteiger partial charge in [-0.05, 0) is 48.3 Å². The smallest absolute Gasteiger partial charge is 0.135 e. The molecule has 0 amide bonds. The van der Waals surface area contributed by atoms with Crippen molar-refractivity contribution in [1.82, 2.24) is 9.78 Å². The second-order valence-corrected chi connectivity index (χ2v) is 6.50. The molecule has 3 nitrogen and oxygen atoms in total. The molecule has 4 heteroatoms. The van der Waals surface area contributed by atoms with Gasteiger partial charge in [0.05, 0.1) is 9.26 Å². The Kier molecular flexibility index (Phi) is 3.68. The summed E-state index contributed by atoms with van der Waals surface area (Å²) < 4.78 is 3.01. The molecule has 0 aromatic carbocycles. The van der Waals surface area contributed by atoms with Crippen LogP contribution < -0.4 is 5.73 Å². The number of anilines is 1. The quantitative estimate of drug-likeness (QED) is 0.850. The van der Waals surface area contributed by atoms with Crippen LogP contribution in [0, 0.1) is 8.99 Å². The number of aromatic nitrogens is 2. The summed E-state index contributed by atoms with van der Waals surface area (Å²) in [4.78, 5) is 0. The first-order valence-corrected chi connectivity index (χ1v) is 6.32. The third kappa shape index (κ3) is 3.09. The molecule has 0 aliphatic rings. The van der Waals surface area contributed by atoms with Crippen molar-refractivity contribution in [1.29, 1.82) is 0 Å². The van der Waals surface area contributed by atoms with Crippen LogP contribution in [0.4, 0.5) is 5.82 Å². The summed E-state index contributed by atoms with van der Waals surface area (Å²) in [5, 5.41) is 4.58. The number of nitrogen functional groups attached to an aromatic ring is 1. The zero-order valence-electron chi connectivity index (χ0n) is 10.1. The molecule has 1 rings (SSSR count). The average molecular weight is 321 g/mol. The molecular weight excluding hydrogens is 301 g/mol. The molecule has 2 N–H and O–H groups in total. The highest BCUT2D eigenvalue weighted by atomic mass is 127. The van der Waals surface area contributed by atoms with Crippen molar-refractivity contribution in [3.63, 3.8) is 0 Å². The lowest BCUT2D eigenvalue weighted by atomic mass is 9.91. The minimum Gasteiger partial charge on any atom is -0.383 e. The van der Waals surface area contributed by atoms with Gasteiger partial charge in [-0.15, -0.1) is 0 Å². The molecule has 1 aromatic rings. The second-order valence-electron chi connectivity index (χ2n) is 5.42. The Balaban J connectivity index is 3.06. The predicted molar refractivity (Wildman–Crippen MR) is 72.9 cm³/mol. The van der Waals surface area contributed by atoms with E-state index in [-0.39, 0.29) is 5.41 Å². The lowest BCUT2D eigenvalue weighted by Gasteiger charge is -2.16.